The molecule has 3 N–H and O–H groups in total. The smallest absolute Gasteiger partial charge is 0.241 e. The molecule has 5 heteroatoms. The SMILES string of the molecule is COC1CCN(C(C)C(=O)Nc2cc(N)ccc2C)CC1. The van der Waals surface area contributed by atoms with Crippen LogP contribution in [-0.4, -0.2) is 43.2 Å². The summed E-state index contributed by atoms with van der Waals surface area (Å²) in [5, 5.41) is 2.98. The number of ether oxygens (including phenoxy) is 1. The molecular weight excluding hydrogens is 266 g/mol. The van der Waals surface area contributed by atoms with E-state index in [1.807, 2.05) is 26.0 Å². The summed E-state index contributed by atoms with van der Waals surface area (Å²) >= 11 is 0. The molecule has 21 heavy (non-hydrogen) atoms. The van der Waals surface area contributed by atoms with Crippen molar-refractivity contribution >= 4 is 17.3 Å². The van der Waals surface area contributed by atoms with Gasteiger partial charge in [0.1, 0.15) is 0 Å². The number of hydrogen-bond acceptors (Lipinski definition) is 4. The van der Waals surface area contributed by atoms with E-state index in [1.165, 1.54) is 0 Å². The molecule has 1 aliphatic heterocycles. The van der Waals surface area contributed by atoms with Gasteiger partial charge in [0.15, 0.2) is 0 Å². The fraction of sp³-hybridized carbons (Fsp3) is 0.562. The van der Waals surface area contributed by atoms with Crippen molar-refractivity contribution in [2.45, 2.75) is 38.8 Å². The third-order valence-corrected chi connectivity index (χ3v) is 4.26. The molecule has 1 aliphatic rings. The molecule has 0 aliphatic carbocycles. The minimum atomic E-state index is -0.149. The molecular formula is C16H25N3O2. The number of nitrogens with two attached hydrogens (primary N) is 1. The van der Waals surface area contributed by atoms with Gasteiger partial charge in [-0.15, -0.1) is 0 Å². The van der Waals surface area contributed by atoms with Gasteiger partial charge in [0, 0.05) is 31.6 Å². The molecule has 0 radical (unpaired) electrons. The fourth-order valence-electron chi connectivity index (χ4n) is 2.68. The second-order valence-corrected chi connectivity index (χ2v) is 5.71. The van der Waals surface area contributed by atoms with Crippen molar-refractivity contribution in [1.29, 1.82) is 0 Å². The van der Waals surface area contributed by atoms with Crippen LogP contribution in [-0.2, 0) is 9.53 Å². The lowest BCUT2D eigenvalue weighted by molar-refractivity contribution is -0.121. The highest BCUT2D eigenvalue weighted by molar-refractivity contribution is 5.95. The van der Waals surface area contributed by atoms with Crippen molar-refractivity contribution in [3.05, 3.63) is 23.8 Å². The zero-order valence-electron chi connectivity index (χ0n) is 13.1. The van der Waals surface area contributed by atoms with Crippen LogP contribution in [0.4, 0.5) is 11.4 Å². The molecule has 1 unspecified atom stereocenters. The second kappa shape index (κ2) is 6.91. The number of amides is 1. The standard InChI is InChI=1S/C16H25N3O2/c1-11-4-5-13(17)10-15(11)18-16(20)12(2)19-8-6-14(21-3)7-9-19/h4-5,10,12,14H,6-9,17H2,1-3H3,(H,18,20). The first-order valence-electron chi connectivity index (χ1n) is 7.45. The molecule has 116 valence electrons. The maximum absolute atomic E-state index is 12.4. The number of nitrogens with zero attached hydrogens (tertiary/aromatic N) is 1. The number of nitrogens with one attached hydrogen (secondary N) is 1. The van der Waals surface area contributed by atoms with Crippen LogP contribution in [0.1, 0.15) is 25.3 Å². The predicted octanol–water partition coefficient (Wildman–Crippen LogP) is 2.02. The van der Waals surface area contributed by atoms with Crippen molar-refractivity contribution < 1.29 is 9.53 Å². The lowest BCUT2D eigenvalue weighted by atomic mass is 10.1. The highest BCUT2D eigenvalue weighted by Gasteiger charge is 2.26. The summed E-state index contributed by atoms with van der Waals surface area (Å²) in [6, 6.07) is 5.41. The van der Waals surface area contributed by atoms with Gasteiger partial charge in [-0.25, -0.2) is 0 Å². The van der Waals surface area contributed by atoms with Crippen LogP contribution in [0.2, 0.25) is 0 Å². The Kier molecular flexibility index (Phi) is 5.20. The van der Waals surface area contributed by atoms with Crippen LogP contribution < -0.4 is 11.1 Å². The van der Waals surface area contributed by atoms with Gasteiger partial charge in [0.2, 0.25) is 5.91 Å². The molecule has 1 heterocycles. The molecule has 0 spiro atoms. The van der Waals surface area contributed by atoms with Gasteiger partial charge in [-0.3, -0.25) is 9.69 Å². The Morgan fingerprint density at radius 2 is 2.10 bits per heavy atom. The summed E-state index contributed by atoms with van der Waals surface area (Å²) in [6.07, 6.45) is 2.28. The van der Waals surface area contributed by atoms with Crippen LogP contribution >= 0.6 is 0 Å². The molecule has 1 aromatic rings. The number of carbonyl (C=O) groups is 1. The third-order valence-electron chi connectivity index (χ3n) is 4.26. The lowest BCUT2D eigenvalue weighted by Crippen LogP contribution is -2.47. The Morgan fingerprint density at radius 3 is 2.71 bits per heavy atom. The fourth-order valence-corrected chi connectivity index (χ4v) is 2.68. The summed E-state index contributed by atoms with van der Waals surface area (Å²) < 4.78 is 5.36. The zero-order valence-corrected chi connectivity index (χ0v) is 13.1. The Balaban J connectivity index is 1.95. The molecule has 1 aromatic carbocycles. The summed E-state index contributed by atoms with van der Waals surface area (Å²) in [6.45, 7) is 5.69. The van der Waals surface area contributed by atoms with Gasteiger partial charge in [-0.2, -0.15) is 0 Å². The number of hydrogen-bond donors (Lipinski definition) is 2. The van der Waals surface area contributed by atoms with E-state index in [0.717, 1.165) is 37.2 Å². The monoisotopic (exact) mass is 291 g/mol. The molecule has 0 aromatic heterocycles. The van der Waals surface area contributed by atoms with E-state index >= 15 is 0 Å². The molecule has 5 nitrogen and oxygen atoms in total. The molecule has 2 rings (SSSR count). The first kappa shape index (κ1) is 15.8. The summed E-state index contributed by atoms with van der Waals surface area (Å²) in [5.41, 5.74) is 8.24. The van der Waals surface area contributed by atoms with Gasteiger partial charge < -0.3 is 15.8 Å². The number of aryl methyl sites for hydroxylation is 1. The maximum Gasteiger partial charge on any atom is 0.241 e. The van der Waals surface area contributed by atoms with E-state index in [-0.39, 0.29) is 11.9 Å². The first-order valence-corrected chi connectivity index (χ1v) is 7.45. The van der Waals surface area contributed by atoms with Crippen LogP contribution in [0.5, 0.6) is 0 Å². The van der Waals surface area contributed by atoms with Gasteiger partial charge >= 0.3 is 0 Å². The predicted molar refractivity (Wildman–Crippen MR) is 85.3 cm³/mol. The van der Waals surface area contributed by atoms with Gasteiger partial charge in [-0.05, 0) is 44.4 Å². The van der Waals surface area contributed by atoms with E-state index in [2.05, 4.69) is 10.2 Å². The quantitative estimate of drug-likeness (QED) is 0.833. The van der Waals surface area contributed by atoms with Crippen LogP contribution in [0.15, 0.2) is 18.2 Å². The number of carbonyl (C=O) groups excluding carboxylic acids is 1. The van der Waals surface area contributed by atoms with Gasteiger partial charge in [0.25, 0.3) is 0 Å². The Labute approximate surface area is 126 Å². The average Bonchev–Trinajstić information content (AvgIpc) is 2.50. The molecule has 0 bridgehead atoms. The second-order valence-electron chi connectivity index (χ2n) is 5.71. The first-order chi connectivity index (χ1) is 10.0. The number of nitrogen functional groups attached to an aromatic ring is 1. The van der Waals surface area contributed by atoms with Crippen LogP contribution in [0.3, 0.4) is 0 Å². The minimum Gasteiger partial charge on any atom is -0.399 e. The molecule has 1 atom stereocenters. The third kappa shape index (κ3) is 3.95. The largest absolute Gasteiger partial charge is 0.399 e. The minimum absolute atomic E-state index is 0.0135. The number of rotatable bonds is 4. The van der Waals surface area contributed by atoms with E-state index in [4.69, 9.17) is 10.5 Å². The van der Waals surface area contributed by atoms with Gasteiger partial charge in [0.05, 0.1) is 12.1 Å². The molecule has 1 saturated heterocycles. The number of benzene rings is 1. The Bertz CT molecular complexity index is 496. The van der Waals surface area contributed by atoms with Gasteiger partial charge in [-0.1, -0.05) is 6.07 Å². The number of likely N-dealkylation sites (tertiary alicyclic amines) is 1. The van der Waals surface area contributed by atoms with Crippen molar-refractivity contribution in [3.8, 4) is 0 Å². The normalized spacial score (nSPS) is 18.4. The number of piperidine rings is 1. The maximum atomic E-state index is 12.4. The Morgan fingerprint density at radius 1 is 1.43 bits per heavy atom. The highest BCUT2D eigenvalue weighted by atomic mass is 16.5. The number of anilines is 2. The molecule has 1 fully saturated rings. The summed E-state index contributed by atoms with van der Waals surface area (Å²) in [5.74, 6) is 0.0135. The summed E-state index contributed by atoms with van der Waals surface area (Å²) in [4.78, 5) is 14.6. The van der Waals surface area contributed by atoms with E-state index < -0.39 is 0 Å². The van der Waals surface area contributed by atoms with Crippen molar-refractivity contribution in [2.75, 3.05) is 31.2 Å². The summed E-state index contributed by atoms with van der Waals surface area (Å²) in [7, 11) is 1.75. The van der Waals surface area contributed by atoms with Crippen molar-refractivity contribution in [1.82, 2.24) is 4.90 Å². The van der Waals surface area contributed by atoms with Crippen molar-refractivity contribution in [2.24, 2.45) is 0 Å². The van der Waals surface area contributed by atoms with E-state index in [0.29, 0.717) is 11.8 Å². The van der Waals surface area contributed by atoms with E-state index in [9.17, 15) is 4.79 Å². The van der Waals surface area contributed by atoms with Crippen molar-refractivity contribution in [3.63, 3.8) is 0 Å². The molecule has 0 saturated carbocycles. The zero-order chi connectivity index (χ0) is 15.4. The van der Waals surface area contributed by atoms with Crippen LogP contribution in [0, 0.1) is 6.92 Å². The lowest BCUT2D eigenvalue weighted by Gasteiger charge is -2.34. The highest BCUT2D eigenvalue weighted by Crippen LogP contribution is 2.20. The number of methoxy groups -OCH3 is 1. The average molecular weight is 291 g/mol. The Hall–Kier alpha value is -1.59. The van der Waals surface area contributed by atoms with E-state index in [1.54, 1.807) is 13.2 Å². The molecule has 1 amide bonds. The van der Waals surface area contributed by atoms with Crippen LogP contribution in [0.25, 0.3) is 0 Å². The topological polar surface area (TPSA) is 67.6 Å².